The molecule has 0 aliphatic heterocycles. The van der Waals surface area contributed by atoms with Crippen molar-refractivity contribution in [1.82, 2.24) is 9.55 Å². The topological polar surface area (TPSA) is 43.8 Å². The van der Waals surface area contributed by atoms with E-state index >= 15 is 0 Å². The van der Waals surface area contributed by atoms with Crippen LogP contribution in [0.25, 0.3) is 0 Å². The summed E-state index contributed by atoms with van der Waals surface area (Å²) >= 11 is 2.01. The SMILES string of the molecule is CSC1CCC(n2cncc2CN)CC1. The first-order valence-electron chi connectivity index (χ1n) is 5.58. The minimum Gasteiger partial charge on any atom is -0.330 e. The molecule has 0 aromatic carbocycles. The summed E-state index contributed by atoms with van der Waals surface area (Å²) in [5.74, 6) is 0. The first kappa shape index (κ1) is 11.0. The number of hydrogen-bond acceptors (Lipinski definition) is 3. The maximum absolute atomic E-state index is 5.69. The van der Waals surface area contributed by atoms with E-state index in [0.717, 1.165) is 5.25 Å². The Labute approximate surface area is 95.4 Å². The quantitative estimate of drug-likeness (QED) is 0.857. The Balaban J connectivity index is 2.01. The molecule has 3 nitrogen and oxygen atoms in total. The summed E-state index contributed by atoms with van der Waals surface area (Å²) < 4.78 is 2.27. The van der Waals surface area contributed by atoms with Crippen molar-refractivity contribution in [3.63, 3.8) is 0 Å². The van der Waals surface area contributed by atoms with Crippen LogP contribution in [-0.4, -0.2) is 21.1 Å². The van der Waals surface area contributed by atoms with Crippen molar-refractivity contribution in [2.24, 2.45) is 5.73 Å². The van der Waals surface area contributed by atoms with Gasteiger partial charge in [0.25, 0.3) is 0 Å². The molecule has 0 atom stereocenters. The molecule has 0 amide bonds. The van der Waals surface area contributed by atoms with Crippen LogP contribution >= 0.6 is 11.8 Å². The van der Waals surface area contributed by atoms with Crippen molar-refractivity contribution in [2.75, 3.05) is 6.26 Å². The normalized spacial score (nSPS) is 26.8. The predicted octanol–water partition coefficient (Wildman–Crippen LogP) is 2.19. The first-order chi connectivity index (χ1) is 7.35. The molecule has 1 aliphatic rings. The Kier molecular flexibility index (Phi) is 3.70. The van der Waals surface area contributed by atoms with Gasteiger partial charge in [0.2, 0.25) is 0 Å². The molecule has 1 fully saturated rings. The molecule has 0 spiro atoms. The molecule has 84 valence electrons. The van der Waals surface area contributed by atoms with Gasteiger partial charge in [0.05, 0.1) is 12.0 Å². The monoisotopic (exact) mass is 225 g/mol. The zero-order chi connectivity index (χ0) is 10.7. The Morgan fingerprint density at radius 2 is 2.20 bits per heavy atom. The van der Waals surface area contributed by atoms with E-state index in [1.165, 1.54) is 31.4 Å². The lowest BCUT2D eigenvalue weighted by atomic mass is 9.94. The van der Waals surface area contributed by atoms with Crippen LogP contribution in [0.5, 0.6) is 0 Å². The number of nitrogens with zero attached hydrogens (tertiary/aromatic N) is 2. The Morgan fingerprint density at radius 3 is 2.80 bits per heavy atom. The van der Waals surface area contributed by atoms with E-state index in [1.54, 1.807) is 0 Å². The average Bonchev–Trinajstić information content (AvgIpc) is 2.77. The lowest BCUT2D eigenvalue weighted by Gasteiger charge is -2.29. The smallest absolute Gasteiger partial charge is 0.0951 e. The molecule has 1 aromatic rings. The minimum atomic E-state index is 0.600. The highest BCUT2D eigenvalue weighted by molar-refractivity contribution is 7.99. The van der Waals surface area contributed by atoms with Crippen LogP contribution in [-0.2, 0) is 6.54 Å². The van der Waals surface area contributed by atoms with Gasteiger partial charge in [0.1, 0.15) is 0 Å². The van der Waals surface area contributed by atoms with Crippen molar-refractivity contribution in [3.8, 4) is 0 Å². The van der Waals surface area contributed by atoms with Gasteiger partial charge in [-0.25, -0.2) is 4.98 Å². The van der Waals surface area contributed by atoms with Crippen molar-refractivity contribution < 1.29 is 0 Å². The van der Waals surface area contributed by atoms with Gasteiger partial charge in [-0.2, -0.15) is 11.8 Å². The summed E-state index contributed by atoms with van der Waals surface area (Å²) in [7, 11) is 0. The summed E-state index contributed by atoms with van der Waals surface area (Å²) in [6.07, 6.45) is 11.2. The van der Waals surface area contributed by atoms with Crippen molar-refractivity contribution >= 4 is 11.8 Å². The van der Waals surface area contributed by atoms with Gasteiger partial charge in [-0.15, -0.1) is 0 Å². The molecule has 1 saturated carbocycles. The zero-order valence-electron chi connectivity index (χ0n) is 9.22. The number of imidazole rings is 1. The molecule has 1 heterocycles. The molecule has 2 rings (SSSR count). The molecule has 2 N–H and O–H groups in total. The second-order valence-electron chi connectivity index (χ2n) is 4.16. The van der Waals surface area contributed by atoms with Crippen LogP contribution in [0.3, 0.4) is 0 Å². The van der Waals surface area contributed by atoms with Crippen molar-refractivity contribution in [2.45, 2.75) is 43.5 Å². The molecule has 0 unspecified atom stereocenters. The fourth-order valence-corrected chi connectivity index (χ4v) is 3.12. The summed E-state index contributed by atoms with van der Waals surface area (Å²) in [6, 6.07) is 0.634. The fourth-order valence-electron chi connectivity index (χ4n) is 2.38. The summed E-state index contributed by atoms with van der Waals surface area (Å²) in [6.45, 7) is 0.600. The predicted molar refractivity (Wildman–Crippen MR) is 64.9 cm³/mol. The van der Waals surface area contributed by atoms with Gasteiger partial charge in [-0.05, 0) is 31.9 Å². The van der Waals surface area contributed by atoms with E-state index in [-0.39, 0.29) is 0 Å². The molecule has 0 saturated heterocycles. The summed E-state index contributed by atoms with van der Waals surface area (Å²) in [5.41, 5.74) is 6.86. The van der Waals surface area contributed by atoms with Crippen LogP contribution in [0, 0.1) is 0 Å². The number of rotatable bonds is 3. The van der Waals surface area contributed by atoms with Gasteiger partial charge in [0, 0.05) is 24.0 Å². The third-order valence-electron chi connectivity index (χ3n) is 3.33. The summed E-state index contributed by atoms with van der Waals surface area (Å²) in [5, 5.41) is 0.867. The summed E-state index contributed by atoms with van der Waals surface area (Å²) in [4.78, 5) is 4.19. The minimum absolute atomic E-state index is 0.600. The van der Waals surface area contributed by atoms with Gasteiger partial charge < -0.3 is 10.3 Å². The highest BCUT2D eigenvalue weighted by atomic mass is 32.2. The van der Waals surface area contributed by atoms with E-state index in [2.05, 4.69) is 15.8 Å². The second kappa shape index (κ2) is 5.03. The van der Waals surface area contributed by atoms with Crippen molar-refractivity contribution in [3.05, 3.63) is 18.2 Å². The zero-order valence-corrected chi connectivity index (χ0v) is 10.0. The molecule has 0 radical (unpaired) electrons. The van der Waals surface area contributed by atoms with E-state index < -0.39 is 0 Å². The largest absolute Gasteiger partial charge is 0.330 e. The van der Waals surface area contributed by atoms with Gasteiger partial charge >= 0.3 is 0 Å². The highest BCUT2D eigenvalue weighted by Gasteiger charge is 2.22. The maximum Gasteiger partial charge on any atom is 0.0951 e. The number of thioether (sulfide) groups is 1. The molecular formula is C11H19N3S. The fraction of sp³-hybridized carbons (Fsp3) is 0.727. The van der Waals surface area contributed by atoms with E-state index in [4.69, 9.17) is 5.73 Å². The number of hydrogen-bond donors (Lipinski definition) is 1. The molecule has 4 heteroatoms. The van der Waals surface area contributed by atoms with E-state index in [1.807, 2.05) is 24.3 Å². The third kappa shape index (κ3) is 2.37. The Hall–Kier alpha value is -0.480. The standard InChI is InChI=1S/C11H19N3S/c1-15-11-4-2-9(3-5-11)14-8-13-7-10(14)6-12/h7-9,11H,2-6,12H2,1H3. The van der Waals surface area contributed by atoms with E-state index in [0.29, 0.717) is 12.6 Å². The average molecular weight is 225 g/mol. The molecule has 15 heavy (non-hydrogen) atoms. The second-order valence-corrected chi connectivity index (χ2v) is 5.30. The molecule has 1 aliphatic carbocycles. The number of aromatic nitrogens is 2. The van der Waals surface area contributed by atoms with Crippen LogP contribution in [0.1, 0.15) is 37.4 Å². The molecule has 0 bridgehead atoms. The van der Waals surface area contributed by atoms with Gasteiger partial charge in [-0.1, -0.05) is 0 Å². The maximum atomic E-state index is 5.69. The third-order valence-corrected chi connectivity index (χ3v) is 4.46. The van der Waals surface area contributed by atoms with Crippen LogP contribution in [0.15, 0.2) is 12.5 Å². The van der Waals surface area contributed by atoms with Crippen molar-refractivity contribution in [1.29, 1.82) is 0 Å². The van der Waals surface area contributed by atoms with Crippen LogP contribution in [0.2, 0.25) is 0 Å². The van der Waals surface area contributed by atoms with Crippen LogP contribution < -0.4 is 5.73 Å². The first-order valence-corrected chi connectivity index (χ1v) is 6.87. The Morgan fingerprint density at radius 1 is 1.47 bits per heavy atom. The lowest BCUT2D eigenvalue weighted by molar-refractivity contribution is 0.353. The highest BCUT2D eigenvalue weighted by Crippen LogP contribution is 2.33. The van der Waals surface area contributed by atoms with E-state index in [9.17, 15) is 0 Å². The Bertz CT molecular complexity index is 303. The number of nitrogens with two attached hydrogens (primary N) is 1. The molecule has 1 aromatic heterocycles. The van der Waals surface area contributed by atoms with Gasteiger partial charge in [-0.3, -0.25) is 0 Å². The lowest BCUT2D eigenvalue weighted by Crippen LogP contribution is -2.21. The van der Waals surface area contributed by atoms with Gasteiger partial charge in [0.15, 0.2) is 0 Å². The van der Waals surface area contributed by atoms with Crippen LogP contribution in [0.4, 0.5) is 0 Å². The molecular weight excluding hydrogens is 206 g/mol.